The molecule has 0 bridgehead atoms. The molecule has 0 radical (unpaired) electrons. The van der Waals surface area contributed by atoms with Crippen LogP contribution in [0.1, 0.15) is 37.7 Å². The standard InChI is InChI=1S/C17H23NO4/c1-13-7-9-15(10-8-13)22-12-16(19)18(11-17(20)21)14-5-3-2-4-6-14/h7-10,14H,2-6,11-12H2,1H3,(H,20,21). The fraction of sp³-hybridized carbons (Fsp3) is 0.529. The van der Waals surface area contributed by atoms with Crippen LogP contribution in [0.25, 0.3) is 0 Å². The quantitative estimate of drug-likeness (QED) is 0.877. The molecule has 0 heterocycles. The molecule has 1 aromatic carbocycles. The molecular formula is C17H23NO4. The van der Waals surface area contributed by atoms with Crippen LogP contribution < -0.4 is 4.74 Å². The van der Waals surface area contributed by atoms with Crippen molar-refractivity contribution >= 4 is 11.9 Å². The van der Waals surface area contributed by atoms with Crippen molar-refractivity contribution < 1.29 is 19.4 Å². The highest BCUT2D eigenvalue weighted by Crippen LogP contribution is 2.23. The minimum absolute atomic E-state index is 0.0268. The SMILES string of the molecule is Cc1ccc(OCC(=O)N(CC(=O)O)C2CCCCC2)cc1. The van der Waals surface area contributed by atoms with Gasteiger partial charge >= 0.3 is 5.97 Å². The van der Waals surface area contributed by atoms with Crippen molar-refractivity contribution in [2.24, 2.45) is 0 Å². The lowest BCUT2D eigenvalue weighted by Gasteiger charge is -2.33. The van der Waals surface area contributed by atoms with E-state index in [1.54, 1.807) is 0 Å². The van der Waals surface area contributed by atoms with Crippen molar-refractivity contribution in [2.75, 3.05) is 13.2 Å². The number of carboxylic acid groups (broad SMARTS) is 1. The molecule has 1 fully saturated rings. The molecule has 0 saturated heterocycles. The van der Waals surface area contributed by atoms with Crippen LogP contribution in [0.2, 0.25) is 0 Å². The van der Waals surface area contributed by atoms with Gasteiger partial charge in [0.15, 0.2) is 6.61 Å². The van der Waals surface area contributed by atoms with E-state index in [0.717, 1.165) is 37.7 Å². The van der Waals surface area contributed by atoms with Crippen LogP contribution in [0, 0.1) is 6.92 Å². The Kier molecular flexibility index (Phi) is 5.81. The van der Waals surface area contributed by atoms with Gasteiger partial charge < -0.3 is 14.7 Å². The van der Waals surface area contributed by atoms with E-state index in [0.29, 0.717) is 5.75 Å². The molecule has 1 N–H and O–H groups in total. The average molecular weight is 305 g/mol. The summed E-state index contributed by atoms with van der Waals surface area (Å²) < 4.78 is 5.49. The van der Waals surface area contributed by atoms with E-state index in [9.17, 15) is 9.59 Å². The first-order chi connectivity index (χ1) is 10.6. The highest BCUT2D eigenvalue weighted by atomic mass is 16.5. The molecule has 1 aliphatic carbocycles. The molecule has 1 aliphatic rings. The summed E-state index contributed by atoms with van der Waals surface area (Å²) in [6.07, 6.45) is 5.01. The Morgan fingerprint density at radius 3 is 2.41 bits per heavy atom. The first-order valence-corrected chi connectivity index (χ1v) is 7.77. The van der Waals surface area contributed by atoms with Crippen LogP contribution in [0.3, 0.4) is 0 Å². The fourth-order valence-electron chi connectivity index (χ4n) is 2.82. The van der Waals surface area contributed by atoms with Gasteiger partial charge in [-0.3, -0.25) is 9.59 Å². The van der Waals surface area contributed by atoms with Crippen LogP contribution >= 0.6 is 0 Å². The van der Waals surface area contributed by atoms with Crippen molar-refractivity contribution in [1.29, 1.82) is 0 Å². The predicted molar refractivity (Wildman–Crippen MR) is 82.9 cm³/mol. The van der Waals surface area contributed by atoms with Crippen LogP contribution in [0.15, 0.2) is 24.3 Å². The molecule has 22 heavy (non-hydrogen) atoms. The number of rotatable bonds is 6. The summed E-state index contributed by atoms with van der Waals surface area (Å²) in [5.74, 6) is -0.609. The summed E-state index contributed by atoms with van der Waals surface area (Å²) in [4.78, 5) is 24.9. The van der Waals surface area contributed by atoms with Gasteiger partial charge in [0.05, 0.1) is 0 Å². The largest absolute Gasteiger partial charge is 0.484 e. The Morgan fingerprint density at radius 2 is 1.82 bits per heavy atom. The zero-order valence-electron chi connectivity index (χ0n) is 13.0. The molecule has 1 saturated carbocycles. The number of carboxylic acids is 1. The molecule has 5 nitrogen and oxygen atoms in total. The molecule has 0 aromatic heterocycles. The first-order valence-electron chi connectivity index (χ1n) is 7.77. The monoisotopic (exact) mass is 305 g/mol. The van der Waals surface area contributed by atoms with E-state index in [2.05, 4.69) is 0 Å². The van der Waals surface area contributed by atoms with Crippen molar-refractivity contribution in [3.63, 3.8) is 0 Å². The van der Waals surface area contributed by atoms with Crippen molar-refractivity contribution in [3.8, 4) is 5.75 Å². The number of aliphatic carboxylic acids is 1. The van der Waals surface area contributed by atoms with Crippen LogP contribution in [-0.4, -0.2) is 41.1 Å². The van der Waals surface area contributed by atoms with Crippen LogP contribution in [0.4, 0.5) is 0 Å². The number of aryl methyl sites for hydroxylation is 1. The maximum atomic E-state index is 12.4. The summed E-state index contributed by atoms with van der Waals surface area (Å²) in [7, 11) is 0. The maximum Gasteiger partial charge on any atom is 0.323 e. The van der Waals surface area contributed by atoms with Crippen molar-refractivity contribution in [2.45, 2.75) is 45.1 Å². The molecule has 0 aliphatic heterocycles. The van der Waals surface area contributed by atoms with E-state index < -0.39 is 5.97 Å². The van der Waals surface area contributed by atoms with E-state index in [4.69, 9.17) is 9.84 Å². The van der Waals surface area contributed by atoms with Gasteiger partial charge in [-0.25, -0.2) is 0 Å². The number of nitrogens with zero attached hydrogens (tertiary/aromatic N) is 1. The summed E-state index contributed by atoms with van der Waals surface area (Å²) in [6.45, 7) is 1.61. The number of hydrogen-bond donors (Lipinski definition) is 1. The van der Waals surface area contributed by atoms with E-state index in [-0.39, 0.29) is 25.1 Å². The molecule has 2 rings (SSSR count). The Morgan fingerprint density at radius 1 is 1.18 bits per heavy atom. The highest BCUT2D eigenvalue weighted by molar-refractivity contribution is 5.82. The lowest BCUT2D eigenvalue weighted by molar-refractivity contribution is -0.147. The number of amides is 1. The third-order valence-electron chi connectivity index (χ3n) is 4.02. The third-order valence-corrected chi connectivity index (χ3v) is 4.02. The molecule has 120 valence electrons. The van der Waals surface area contributed by atoms with E-state index in [1.807, 2.05) is 31.2 Å². The second-order valence-corrected chi connectivity index (χ2v) is 5.81. The van der Waals surface area contributed by atoms with Crippen molar-refractivity contribution in [3.05, 3.63) is 29.8 Å². The molecule has 1 amide bonds. The summed E-state index contributed by atoms with van der Waals surface area (Å²) in [6, 6.07) is 7.47. The summed E-state index contributed by atoms with van der Waals surface area (Å²) in [5, 5.41) is 9.04. The van der Waals surface area contributed by atoms with E-state index >= 15 is 0 Å². The first kappa shape index (κ1) is 16.3. The van der Waals surface area contributed by atoms with Gasteiger partial charge in [0.2, 0.25) is 0 Å². The Balaban J connectivity index is 1.95. The zero-order chi connectivity index (χ0) is 15.9. The molecule has 0 unspecified atom stereocenters. The topological polar surface area (TPSA) is 66.8 Å². The zero-order valence-corrected chi connectivity index (χ0v) is 13.0. The number of carbonyl (C=O) groups excluding carboxylic acids is 1. The van der Waals surface area contributed by atoms with Gasteiger partial charge in [-0.2, -0.15) is 0 Å². The van der Waals surface area contributed by atoms with Gasteiger partial charge in [0, 0.05) is 6.04 Å². The van der Waals surface area contributed by atoms with Crippen LogP contribution in [0.5, 0.6) is 5.75 Å². The second-order valence-electron chi connectivity index (χ2n) is 5.81. The summed E-state index contributed by atoms with van der Waals surface area (Å²) in [5.41, 5.74) is 1.12. The summed E-state index contributed by atoms with van der Waals surface area (Å²) >= 11 is 0. The lowest BCUT2D eigenvalue weighted by Crippen LogP contribution is -2.46. The smallest absolute Gasteiger partial charge is 0.323 e. The highest BCUT2D eigenvalue weighted by Gasteiger charge is 2.27. The predicted octanol–water partition coefficient (Wildman–Crippen LogP) is 2.62. The minimum Gasteiger partial charge on any atom is -0.484 e. The third kappa shape index (κ3) is 4.76. The molecule has 5 heteroatoms. The number of hydrogen-bond acceptors (Lipinski definition) is 3. The van der Waals surface area contributed by atoms with Gasteiger partial charge in [-0.1, -0.05) is 37.0 Å². The van der Waals surface area contributed by atoms with Crippen LogP contribution in [-0.2, 0) is 9.59 Å². The van der Waals surface area contributed by atoms with Gasteiger partial charge in [-0.15, -0.1) is 0 Å². The van der Waals surface area contributed by atoms with Gasteiger partial charge in [0.1, 0.15) is 12.3 Å². The Hall–Kier alpha value is -2.04. The minimum atomic E-state index is -0.978. The van der Waals surface area contributed by atoms with Crippen molar-refractivity contribution in [1.82, 2.24) is 4.90 Å². The number of benzene rings is 1. The Labute approximate surface area is 130 Å². The molecule has 1 aromatic rings. The molecule has 0 atom stereocenters. The fourth-order valence-corrected chi connectivity index (χ4v) is 2.82. The average Bonchev–Trinajstić information content (AvgIpc) is 2.52. The maximum absolute atomic E-state index is 12.4. The number of carbonyl (C=O) groups is 2. The Bertz CT molecular complexity index is 506. The van der Waals surface area contributed by atoms with E-state index in [1.165, 1.54) is 4.90 Å². The lowest BCUT2D eigenvalue weighted by atomic mass is 9.94. The second kappa shape index (κ2) is 7.82. The number of ether oxygens (including phenoxy) is 1. The van der Waals surface area contributed by atoms with Gasteiger partial charge in [0.25, 0.3) is 5.91 Å². The molecular weight excluding hydrogens is 282 g/mol. The van der Waals surface area contributed by atoms with Gasteiger partial charge in [-0.05, 0) is 31.9 Å². The molecule has 0 spiro atoms. The normalized spacial score (nSPS) is 15.3.